The Morgan fingerprint density at radius 2 is 2.20 bits per heavy atom. The number of nitrogens with zero attached hydrogens (tertiary/aromatic N) is 1. The third-order valence-corrected chi connectivity index (χ3v) is 2.86. The first kappa shape index (κ1) is 12.0. The highest BCUT2D eigenvalue weighted by Gasteiger charge is 2.38. The van der Waals surface area contributed by atoms with Crippen molar-refractivity contribution in [2.75, 3.05) is 19.6 Å². The fraction of sp³-hybridized carbons (Fsp3) is 0.800. The first-order valence-corrected chi connectivity index (χ1v) is 5.32. The van der Waals surface area contributed by atoms with E-state index in [2.05, 4.69) is 5.32 Å². The Kier molecular flexibility index (Phi) is 3.68. The van der Waals surface area contributed by atoms with E-state index >= 15 is 0 Å². The zero-order valence-corrected chi connectivity index (χ0v) is 9.38. The lowest BCUT2D eigenvalue weighted by atomic mass is 9.98. The van der Waals surface area contributed by atoms with Crippen molar-refractivity contribution >= 4 is 11.8 Å². The Bertz CT molecular complexity index is 259. The molecule has 0 aromatic carbocycles. The molecule has 5 nitrogen and oxygen atoms in total. The van der Waals surface area contributed by atoms with E-state index in [-0.39, 0.29) is 12.5 Å². The first-order chi connectivity index (χ1) is 6.99. The number of rotatable bonds is 4. The zero-order valence-electron chi connectivity index (χ0n) is 9.38. The highest BCUT2D eigenvalue weighted by atomic mass is 16.2. The Balaban J connectivity index is 2.67. The number of nitrogens with one attached hydrogen (secondary N) is 1. The van der Waals surface area contributed by atoms with Gasteiger partial charge in [0.15, 0.2) is 0 Å². The van der Waals surface area contributed by atoms with Gasteiger partial charge in [0.05, 0.1) is 12.1 Å². The first-order valence-electron chi connectivity index (χ1n) is 5.32. The van der Waals surface area contributed by atoms with E-state index in [1.54, 1.807) is 0 Å². The second kappa shape index (κ2) is 4.61. The topological polar surface area (TPSA) is 75.4 Å². The summed E-state index contributed by atoms with van der Waals surface area (Å²) >= 11 is 0. The molecule has 1 unspecified atom stereocenters. The SMILES string of the molecule is CCN(CC(N)=O)C(=O)C1(C)CCCN1. The second-order valence-corrected chi connectivity index (χ2v) is 4.15. The summed E-state index contributed by atoms with van der Waals surface area (Å²) in [6.07, 6.45) is 1.82. The van der Waals surface area contributed by atoms with Crippen LogP contribution in [-0.4, -0.2) is 41.9 Å². The number of primary amides is 1. The van der Waals surface area contributed by atoms with Crippen LogP contribution in [0.1, 0.15) is 26.7 Å². The van der Waals surface area contributed by atoms with E-state index in [1.807, 2.05) is 13.8 Å². The van der Waals surface area contributed by atoms with E-state index in [0.29, 0.717) is 6.54 Å². The second-order valence-electron chi connectivity index (χ2n) is 4.15. The molecule has 1 fully saturated rings. The molecule has 1 heterocycles. The molecule has 1 rings (SSSR count). The van der Waals surface area contributed by atoms with Gasteiger partial charge >= 0.3 is 0 Å². The lowest BCUT2D eigenvalue weighted by Crippen LogP contribution is -2.54. The Morgan fingerprint density at radius 1 is 1.53 bits per heavy atom. The Hall–Kier alpha value is -1.10. The van der Waals surface area contributed by atoms with Crippen LogP contribution in [0.3, 0.4) is 0 Å². The van der Waals surface area contributed by atoms with Crippen LogP contribution in [0, 0.1) is 0 Å². The summed E-state index contributed by atoms with van der Waals surface area (Å²) in [5, 5.41) is 3.18. The van der Waals surface area contributed by atoms with E-state index < -0.39 is 11.4 Å². The molecule has 1 atom stereocenters. The normalized spacial score (nSPS) is 25.2. The van der Waals surface area contributed by atoms with Crippen molar-refractivity contribution in [2.24, 2.45) is 5.73 Å². The number of likely N-dealkylation sites (N-methyl/N-ethyl adjacent to an activating group) is 1. The van der Waals surface area contributed by atoms with Gasteiger partial charge in [0.25, 0.3) is 0 Å². The van der Waals surface area contributed by atoms with Gasteiger partial charge in [-0.15, -0.1) is 0 Å². The summed E-state index contributed by atoms with van der Waals surface area (Å²) in [7, 11) is 0. The number of nitrogens with two attached hydrogens (primary N) is 1. The molecule has 15 heavy (non-hydrogen) atoms. The molecule has 1 aliphatic rings. The van der Waals surface area contributed by atoms with Crippen LogP contribution in [-0.2, 0) is 9.59 Å². The van der Waals surface area contributed by atoms with Crippen LogP contribution < -0.4 is 11.1 Å². The molecule has 0 aliphatic carbocycles. The third-order valence-electron chi connectivity index (χ3n) is 2.86. The van der Waals surface area contributed by atoms with Crippen molar-refractivity contribution in [1.29, 1.82) is 0 Å². The van der Waals surface area contributed by atoms with Crippen molar-refractivity contribution in [3.05, 3.63) is 0 Å². The predicted molar refractivity (Wildman–Crippen MR) is 57.1 cm³/mol. The number of amides is 2. The number of hydrogen-bond acceptors (Lipinski definition) is 3. The van der Waals surface area contributed by atoms with Gasteiger partial charge in [-0.2, -0.15) is 0 Å². The minimum atomic E-state index is -0.508. The van der Waals surface area contributed by atoms with Crippen LogP contribution >= 0.6 is 0 Å². The van der Waals surface area contributed by atoms with Crippen molar-refractivity contribution in [3.63, 3.8) is 0 Å². The molecule has 0 spiro atoms. The van der Waals surface area contributed by atoms with E-state index in [4.69, 9.17) is 5.73 Å². The molecule has 5 heteroatoms. The molecule has 0 aromatic rings. The number of carbonyl (C=O) groups is 2. The van der Waals surface area contributed by atoms with Gasteiger partial charge < -0.3 is 16.0 Å². The lowest BCUT2D eigenvalue weighted by Gasteiger charge is -2.30. The van der Waals surface area contributed by atoms with Crippen molar-refractivity contribution < 1.29 is 9.59 Å². The van der Waals surface area contributed by atoms with Crippen molar-refractivity contribution in [1.82, 2.24) is 10.2 Å². The average molecular weight is 213 g/mol. The average Bonchev–Trinajstić information content (AvgIpc) is 2.61. The van der Waals surface area contributed by atoms with E-state index in [9.17, 15) is 9.59 Å². The third kappa shape index (κ3) is 2.68. The fourth-order valence-electron chi connectivity index (χ4n) is 1.94. The summed E-state index contributed by atoms with van der Waals surface area (Å²) in [4.78, 5) is 24.4. The highest BCUT2D eigenvalue weighted by molar-refractivity contribution is 5.89. The largest absolute Gasteiger partial charge is 0.368 e. The lowest BCUT2D eigenvalue weighted by molar-refractivity contribution is -0.139. The van der Waals surface area contributed by atoms with Gasteiger partial charge in [0.1, 0.15) is 0 Å². The maximum absolute atomic E-state index is 12.1. The summed E-state index contributed by atoms with van der Waals surface area (Å²) < 4.78 is 0. The summed E-state index contributed by atoms with van der Waals surface area (Å²) in [6, 6.07) is 0. The van der Waals surface area contributed by atoms with Crippen LogP contribution in [0.2, 0.25) is 0 Å². The monoisotopic (exact) mass is 213 g/mol. The van der Waals surface area contributed by atoms with E-state index in [0.717, 1.165) is 19.4 Å². The molecule has 1 aliphatic heterocycles. The van der Waals surface area contributed by atoms with E-state index in [1.165, 1.54) is 4.90 Å². The quantitative estimate of drug-likeness (QED) is 0.658. The van der Waals surface area contributed by atoms with Gasteiger partial charge in [0.2, 0.25) is 11.8 Å². The van der Waals surface area contributed by atoms with Crippen molar-refractivity contribution in [3.8, 4) is 0 Å². The van der Waals surface area contributed by atoms with Crippen molar-refractivity contribution in [2.45, 2.75) is 32.2 Å². The minimum Gasteiger partial charge on any atom is -0.368 e. The zero-order chi connectivity index (χ0) is 11.5. The number of carbonyl (C=O) groups excluding carboxylic acids is 2. The van der Waals surface area contributed by atoms with Crippen LogP contribution in [0.5, 0.6) is 0 Å². The molecule has 86 valence electrons. The molecule has 0 bridgehead atoms. The Morgan fingerprint density at radius 3 is 2.60 bits per heavy atom. The molecule has 0 saturated carbocycles. The molecule has 0 radical (unpaired) electrons. The maximum Gasteiger partial charge on any atom is 0.243 e. The number of hydrogen-bond donors (Lipinski definition) is 2. The molecular weight excluding hydrogens is 194 g/mol. The van der Waals surface area contributed by atoms with Crippen LogP contribution in [0.25, 0.3) is 0 Å². The van der Waals surface area contributed by atoms with Gasteiger partial charge in [-0.05, 0) is 33.2 Å². The maximum atomic E-state index is 12.1. The molecule has 0 aromatic heterocycles. The van der Waals surface area contributed by atoms with Gasteiger partial charge in [0, 0.05) is 6.54 Å². The summed E-state index contributed by atoms with van der Waals surface area (Å²) in [5.41, 5.74) is 4.59. The Labute approximate surface area is 90.0 Å². The standard InChI is InChI=1S/C10H19N3O2/c1-3-13(7-8(11)14)9(15)10(2)5-4-6-12-10/h12H,3-7H2,1-2H3,(H2,11,14). The molecule has 3 N–H and O–H groups in total. The van der Waals surface area contributed by atoms with Crippen LogP contribution in [0.15, 0.2) is 0 Å². The van der Waals surface area contributed by atoms with Gasteiger partial charge in [-0.25, -0.2) is 0 Å². The molecular formula is C10H19N3O2. The highest BCUT2D eigenvalue weighted by Crippen LogP contribution is 2.20. The molecule has 1 saturated heterocycles. The molecule has 2 amide bonds. The van der Waals surface area contributed by atoms with Gasteiger partial charge in [-0.1, -0.05) is 0 Å². The smallest absolute Gasteiger partial charge is 0.243 e. The van der Waals surface area contributed by atoms with Gasteiger partial charge in [-0.3, -0.25) is 9.59 Å². The van der Waals surface area contributed by atoms with Crippen LogP contribution in [0.4, 0.5) is 0 Å². The predicted octanol–water partition coefficient (Wildman–Crippen LogP) is -0.538. The minimum absolute atomic E-state index is 0.00655. The summed E-state index contributed by atoms with van der Waals surface area (Å²) in [6.45, 7) is 5.10. The summed E-state index contributed by atoms with van der Waals surface area (Å²) in [5.74, 6) is -0.493. The fourth-order valence-corrected chi connectivity index (χ4v) is 1.94.